The minimum absolute atomic E-state index is 0.0388. The molecule has 1 fully saturated rings. The maximum atomic E-state index is 10.8. The number of hydrogen-bond donors (Lipinski definition) is 1. The summed E-state index contributed by atoms with van der Waals surface area (Å²) in [7, 11) is 2.09. The highest BCUT2D eigenvalue weighted by atomic mass is 35.5. The summed E-state index contributed by atoms with van der Waals surface area (Å²) in [6.07, 6.45) is 0.986. The van der Waals surface area contributed by atoms with E-state index in [1.54, 1.807) is 0 Å². The minimum Gasteiger partial charge on any atom is -0.367 e. The lowest BCUT2D eigenvalue weighted by atomic mass is 9.94. The van der Waals surface area contributed by atoms with E-state index in [-0.39, 0.29) is 16.9 Å². The van der Waals surface area contributed by atoms with Crippen LogP contribution in [0, 0.1) is 16.0 Å². The highest BCUT2D eigenvalue weighted by Crippen LogP contribution is 2.24. The molecule has 104 valence electrons. The van der Waals surface area contributed by atoms with E-state index in [1.165, 1.54) is 12.1 Å². The van der Waals surface area contributed by atoms with Crippen molar-refractivity contribution < 1.29 is 4.92 Å². The lowest BCUT2D eigenvalue weighted by Crippen LogP contribution is -2.43. The first-order chi connectivity index (χ1) is 8.95. The second-order valence-corrected chi connectivity index (χ2v) is 5.46. The highest BCUT2D eigenvalue weighted by molar-refractivity contribution is 6.29. The Bertz CT molecular complexity index is 483. The van der Waals surface area contributed by atoms with Crippen molar-refractivity contribution in [2.75, 3.05) is 25.5 Å². The van der Waals surface area contributed by atoms with E-state index >= 15 is 0 Å². The van der Waals surface area contributed by atoms with Gasteiger partial charge in [-0.25, -0.2) is 4.98 Å². The van der Waals surface area contributed by atoms with Crippen LogP contribution in [0.4, 0.5) is 11.5 Å². The van der Waals surface area contributed by atoms with Gasteiger partial charge in [-0.05, 0) is 25.9 Å². The quantitative estimate of drug-likeness (QED) is 0.524. The molecule has 2 atom stereocenters. The molecule has 0 bridgehead atoms. The molecule has 1 aromatic heterocycles. The van der Waals surface area contributed by atoms with Crippen LogP contribution in [-0.2, 0) is 0 Å². The summed E-state index contributed by atoms with van der Waals surface area (Å²) < 4.78 is 0. The Morgan fingerprint density at radius 3 is 2.95 bits per heavy atom. The first-order valence-electron chi connectivity index (χ1n) is 6.23. The van der Waals surface area contributed by atoms with Gasteiger partial charge in [-0.3, -0.25) is 10.1 Å². The molecule has 0 amide bonds. The van der Waals surface area contributed by atoms with Gasteiger partial charge in [0.15, 0.2) is 0 Å². The Morgan fingerprint density at radius 2 is 2.32 bits per heavy atom. The molecule has 2 unspecified atom stereocenters. The maximum absolute atomic E-state index is 10.8. The second kappa shape index (κ2) is 5.71. The third-order valence-corrected chi connectivity index (χ3v) is 3.62. The summed E-state index contributed by atoms with van der Waals surface area (Å²) in [6.45, 7) is 4.16. The molecule has 0 aliphatic carbocycles. The second-order valence-electron chi connectivity index (χ2n) is 5.07. The third-order valence-electron chi connectivity index (χ3n) is 3.43. The number of piperidine rings is 1. The molecule has 1 aliphatic rings. The smallest absolute Gasteiger partial charge is 0.276 e. The summed E-state index contributed by atoms with van der Waals surface area (Å²) in [5, 5.41) is 14.2. The third kappa shape index (κ3) is 3.54. The van der Waals surface area contributed by atoms with Gasteiger partial charge in [0.2, 0.25) is 0 Å². The fraction of sp³-hybridized carbons (Fsp3) is 0.583. The number of nitrogens with zero attached hydrogens (tertiary/aromatic N) is 3. The average molecular weight is 285 g/mol. The average Bonchev–Trinajstić information content (AvgIpc) is 2.32. The Labute approximate surface area is 116 Å². The van der Waals surface area contributed by atoms with Crippen LogP contribution in [0.5, 0.6) is 0 Å². The van der Waals surface area contributed by atoms with Crippen LogP contribution in [-0.4, -0.2) is 41.0 Å². The zero-order valence-electron chi connectivity index (χ0n) is 11.0. The van der Waals surface area contributed by atoms with E-state index < -0.39 is 4.92 Å². The highest BCUT2D eigenvalue weighted by Gasteiger charge is 2.24. The molecular weight excluding hydrogens is 268 g/mol. The molecule has 1 aromatic rings. The number of pyridine rings is 1. The predicted octanol–water partition coefficient (Wildman–Crippen LogP) is 2.40. The van der Waals surface area contributed by atoms with Crippen LogP contribution in [0.3, 0.4) is 0 Å². The predicted molar refractivity (Wildman–Crippen MR) is 74.6 cm³/mol. The van der Waals surface area contributed by atoms with Gasteiger partial charge in [0, 0.05) is 12.6 Å². The van der Waals surface area contributed by atoms with Crippen molar-refractivity contribution in [1.29, 1.82) is 0 Å². The number of nitro groups is 1. The molecule has 1 N–H and O–H groups in total. The maximum Gasteiger partial charge on any atom is 0.276 e. The lowest BCUT2D eigenvalue weighted by Gasteiger charge is -2.35. The van der Waals surface area contributed by atoms with Crippen molar-refractivity contribution in [2.45, 2.75) is 19.4 Å². The molecule has 0 radical (unpaired) electrons. The van der Waals surface area contributed by atoms with Gasteiger partial charge in [-0.15, -0.1) is 0 Å². The number of nitrogens with one attached hydrogen (secondary N) is 1. The van der Waals surface area contributed by atoms with Crippen molar-refractivity contribution >= 4 is 23.1 Å². The molecule has 19 heavy (non-hydrogen) atoms. The van der Waals surface area contributed by atoms with Crippen LogP contribution in [0.2, 0.25) is 5.15 Å². The Balaban J connectivity index is 2.12. The van der Waals surface area contributed by atoms with Gasteiger partial charge in [-0.1, -0.05) is 18.5 Å². The molecule has 0 aromatic carbocycles. The van der Waals surface area contributed by atoms with Crippen molar-refractivity contribution in [3.63, 3.8) is 0 Å². The molecule has 0 spiro atoms. The van der Waals surface area contributed by atoms with Gasteiger partial charge in [0.05, 0.1) is 17.1 Å². The summed E-state index contributed by atoms with van der Waals surface area (Å²) in [4.78, 5) is 16.7. The van der Waals surface area contributed by atoms with Crippen molar-refractivity contribution in [2.24, 2.45) is 5.92 Å². The molecule has 6 nitrogen and oxygen atoms in total. The molecular formula is C12H17ClN4O2. The number of rotatable bonds is 3. The molecule has 0 saturated carbocycles. The van der Waals surface area contributed by atoms with Crippen molar-refractivity contribution in [3.8, 4) is 0 Å². The number of hydrogen-bond acceptors (Lipinski definition) is 5. The van der Waals surface area contributed by atoms with Crippen molar-refractivity contribution in [1.82, 2.24) is 9.88 Å². The van der Waals surface area contributed by atoms with E-state index in [0.717, 1.165) is 19.5 Å². The largest absolute Gasteiger partial charge is 0.367 e. The van der Waals surface area contributed by atoms with E-state index in [4.69, 9.17) is 11.6 Å². The SMILES string of the molecule is CC1CN(C)CCC1Nc1cc([N+](=O)[O-])cc(Cl)n1. The van der Waals surface area contributed by atoms with Gasteiger partial charge in [-0.2, -0.15) is 0 Å². The molecule has 2 heterocycles. The van der Waals surface area contributed by atoms with Crippen LogP contribution in [0.15, 0.2) is 12.1 Å². The Kier molecular flexibility index (Phi) is 4.21. The van der Waals surface area contributed by atoms with E-state index in [2.05, 4.69) is 29.2 Å². The summed E-state index contributed by atoms with van der Waals surface area (Å²) in [6, 6.07) is 2.95. The summed E-state index contributed by atoms with van der Waals surface area (Å²) >= 11 is 5.81. The summed E-state index contributed by atoms with van der Waals surface area (Å²) in [5.74, 6) is 0.930. The van der Waals surface area contributed by atoms with Crippen LogP contribution >= 0.6 is 11.6 Å². The molecule has 1 saturated heterocycles. The summed E-state index contributed by atoms with van der Waals surface area (Å²) in [5.41, 5.74) is -0.0388. The first-order valence-corrected chi connectivity index (χ1v) is 6.60. The van der Waals surface area contributed by atoms with Crippen LogP contribution in [0.1, 0.15) is 13.3 Å². The molecule has 7 heteroatoms. The van der Waals surface area contributed by atoms with Crippen LogP contribution < -0.4 is 5.32 Å². The minimum atomic E-state index is -0.461. The zero-order chi connectivity index (χ0) is 14.0. The fourth-order valence-electron chi connectivity index (χ4n) is 2.42. The van der Waals surface area contributed by atoms with Crippen LogP contribution in [0.25, 0.3) is 0 Å². The van der Waals surface area contributed by atoms with Gasteiger partial charge in [0.25, 0.3) is 5.69 Å². The lowest BCUT2D eigenvalue weighted by molar-refractivity contribution is -0.384. The number of anilines is 1. The topological polar surface area (TPSA) is 71.3 Å². The van der Waals surface area contributed by atoms with Crippen molar-refractivity contribution in [3.05, 3.63) is 27.4 Å². The van der Waals surface area contributed by atoms with Gasteiger partial charge >= 0.3 is 0 Å². The van der Waals surface area contributed by atoms with E-state index in [0.29, 0.717) is 11.7 Å². The van der Waals surface area contributed by atoms with E-state index in [1.807, 2.05) is 0 Å². The zero-order valence-corrected chi connectivity index (χ0v) is 11.7. The number of likely N-dealkylation sites (tertiary alicyclic amines) is 1. The number of aromatic nitrogens is 1. The number of halogens is 1. The fourth-order valence-corrected chi connectivity index (χ4v) is 2.62. The first kappa shape index (κ1) is 14.0. The Hall–Kier alpha value is -1.40. The standard InChI is InChI=1S/C12H17ClN4O2/c1-8-7-16(2)4-3-10(8)14-12-6-9(17(18)19)5-11(13)15-12/h5-6,8,10H,3-4,7H2,1-2H3,(H,14,15). The normalized spacial score (nSPS) is 24.2. The Morgan fingerprint density at radius 1 is 1.58 bits per heavy atom. The van der Waals surface area contributed by atoms with Gasteiger partial charge in [0.1, 0.15) is 11.0 Å². The van der Waals surface area contributed by atoms with Gasteiger partial charge < -0.3 is 10.2 Å². The monoisotopic (exact) mass is 284 g/mol. The molecule has 2 rings (SSSR count). The van der Waals surface area contributed by atoms with E-state index in [9.17, 15) is 10.1 Å². The molecule has 1 aliphatic heterocycles.